The summed E-state index contributed by atoms with van der Waals surface area (Å²) in [6.45, 7) is 6.22. The van der Waals surface area contributed by atoms with Crippen LogP contribution in [0.2, 0.25) is 0 Å². The Morgan fingerprint density at radius 1 is 1.20 bits per heavy atom. The lowest BCUT2D eigenvalue weighted by molar-refractivity contribution is 0.287. The monoisotopic (exact) mass is 331 g/mol. The van der Waals surface area contributed by atoms with Crippen LogP contribution >= 0.6 is 0 Å². The summed E-state index contributed by atoms with van der Waals surface area (Å²) in [5.74, 6) is 0.471. The molecule has 0 aliphatic heterocycles. The Hall–Kier alpha value is -2.02. The first-order valence-electron chi connectivity index (χ1n) is 9.75. The van der Waals surface area contributed by atoms with Crippen molar-refractivity contribution >= 4 is 10.9 Å². The maximum Gasteiger partial charge on any atom is 0.0483 e. The Labute approximate surface area is 151 Å². The third-order valence-corrected chi connectivity index (χ3v) is 6.54. The number of hydrogen-bond donors (Lipinski definition) is 0. The van der Waals surface area contributed by atoms with E-state index in [2.05, 4.69) is 73.7 Å². The summed E-state index contributed by atoms with van der Waals surface area (Å²) in [6.07, 6.45) is 16.7. The number of benzene rings is 1. The van der Waals surface area contributed by atoms with E-state index in [1.807, 2.05) is 0 Å². The van der Waals surface area contributed by atoms with Gasteiger partial charge in [0, 0.05) is 29.6 Å². The SMILES string of the molecule is C=C/C(=C\C=C/C)C1CC2(CCCCC2)c2c1n(C)c1ccccc21. The third kappa shape index (κ3) is 2.44. The van der Waals surface area contributed by atoms with E-state index in [-0.39, 0.29) is 0 Å². The van der Waals surface area contributed by atoms with Gasteiger partial charge in [-0.25, -0.2) is 0 Å². The van der Waals surface area contributed by atoms with Crippen LogP contribution < -0.4 is 0 Å². The van der Waals surface area contributed by atoms with Gasteiger partial charge in [0.25, 0.3) is 0 Å². The molecule has 0 N–H and O–H groups in total. The molecule has 1 aromatic carbocycles. The van der Waals surface area contributed by atoms with Crippen molar-refractivity contribution in [1.82, 2.24) is 4.57 Å². The van der Waals surface area contributed by atoms with Crippen molar-refractivity contribution in [2.45, 2.75) is 56.8 Å². The average Bonchev–Trinajstić information content (AvgIpc) is 3.12. The van der Waals surface area contributed by atoms with Gasteiger partial charge in [-0.05, 0) is 48.8 Å². The van der Waals surface area contributed by atoms with Gasteiger partial charge in [0.2, 0.25) is 0 Å². The zero-order valence-corrected chi connectivity index (χ0v) is 15.6. The van der Waals surface area contributed by atoms with Gasteiger partial charge in [0.1, 0.15) is 0 Å². The fourth-order valence-electron chi connectivity index (χ4n) is 5.46. The molecule has 0 amide bonds. The standard InChI is InChI=1S/C24H29N/c1-4-6-12-18(5-2)20-17-24(15-10-7-11-16-24)22-19-13-8-9-14-21(19)25(3)23(20)22/h4-6,8-9,12-14,20H,2,7,10-11,15-17H2,1,3H3/b6-4-,18-12+. The molecule has 1 saturated carbocycles. The van der Waals surface area contributed by atoms with Crippen LogP contribution in [0.1, 0.15) is 62.6 Å². The molecule has 1 atom stereocenters. The maximum atomic E-state index is 4.14. The molecule has 130 valence electrons. The lowest BCUT2D eigenvalue weighted by atomic mass is 9.69. The van der Waals surface area contributed by atoms with Gasteiger partial charge in [-0.15, -0.1) is 0 Å². The molecule has 0 bridgehead atoms. The fourth-order valence-corrected chi connectivity index (χ4v) is 5.46. The first-order valence-corrected chi connectivity index (χ1v) is 9.75. The Morgan fingerprint density at radius 2 is 1.96 bits per heavy atom. The molecular formula is C24H29N. The molecule has 1 nitrogen and oxygen atoms in total. The predicted molar refractivity (Wildman–Crippen MR) is 108 cm³/mol. The van der Waals surface area contributed by atoms with Gasteiger partial charge in [0.05, 0.1) is 0 Å². The zero-order chi connectivity index (χ0) is 17.4. The van der Waals surface area contributed by atoms with E-state index in [0.29, 0.717) is 11.3 Å². The fraction of sp³-hybridized carbons (Fsp3) is 0.417. The molecule has 1 unspecified atom stereocenters. The Kier molecular flexibility index (Phi) is 4.19. The highest BCUT2D eigenvalue weighted by atomic mass is 15.0. The van der Waals surface area contributed by atoms with E-state index in [9.17, 15) is 0 Å². The molecule has 2 aliphatic rings. The highest BCUT2D eigenvalue weighted by molar-refractivity contribution is 5.88. The normalized spacial score (nSPS) is 22.8. The summed E-state index contributed by atoms with van der Waals surface area (Å²) >= 11 is 0. The summed E-state index contributed by atoms with van der Waals surface area (Å²) in [7, 11) is 2.26. The molecule has 0 radical (unpaired) electrons. The summed E-state index contributed by atoms with van der Waals surface area (Å²) < 4.78 is 2.46. The number of hydrogen-bond acceptors (Lipinski definition) is 0. The summed E-state index contributed by atoms with van der Waals surface area (Å²) in [5.41, 5.74) is 6.32. The van der Waals surface area contributed by atoms with E-state index in [4.69, 9.17) is 0 Å². The molecule has 0 saturated heterocycles. The Morgan fingerprint density at radius 3 is 2.68 bits per heavy atom. The van der Waals surface area contributed by atoms with Crippen LogP contribution in [0.15, 0.2) is 60.7 Å². The van der Waals surface area contributed by atoms with Gasteiger partial charge in [0.15, 0.2) is 0 Å². The number of nitrogens with zero attached hydrogens (tertiary/aromatic N) is 1. The van der Waals surface area contributed by atoms with E-state index in [1.54, 1.807) is 11.3 Å². The first kappa shape index (κ1) is 16.4. The predicted octanol–water partition coefficient (Wildman–Crippen LogP) is 6.56. The smallest absolute Gasteiger partial charge is 0.0483 e. The van der Waals surface area contributed by atoms with Crippen LogP contribution in [-0.4, -0.2) is 4.57 Å². The van der Waals surface area contributed by atoms with Crippen molar-refractivity contribution < 1.29 is 0 Å². The van der Waals surface area contributed by atoms with Crippen molar-refractivity contribution in [3.63, 3.8) is 0 Å². The van der Waals surface area contributed by atoms with Gasteiger partial charge < -0.3 is 4.57 Å². The number of aryl methyl sites for hydroxylation is 1. The average molecular weight is 332 g/mol. The van der Waals surface area contributed by atoms with Gasteiger partial charge in [-0.1, -0.05) is 68.3 Å². The van der Waals surface area contributed by atoms with E-state index in [1.165, 1.54) is 55.0 Å². The minimum Gasteiger partial charge on any atom is -0.347 e. The Balaban J connectivity index is 1.96. The largest absolute Gasteiger partial charge is 0.347 e. The topological polar surface area (TPSA) is 4.93 Å². The maximum absolute atomic E-state index is 4.14. The van der Waals surface area contributed by atoms with Gasteiger partial charge in [-0.3, -0.25) is 0 Å². The first-order chi connectivity index (χ1) is 12.2. The van der Waals surface area contributed by atoms with Crippen molar-refractivity contribution in [1.29, 1.82) is 0 Å². The quantitative estimate of drug-likeness (QED) is 0.562. The molecular weight excluding hydrogens is 302 g/mol. The number of para-hydroxylation sites is 1. The van der Waals surface area contributed by atoms with Gasteiger partial charge in [-0.2, -0.15) is 0 Å². The second kappa shape index (κ2) is 6.37. The number of rotatable bonds is 3. The number of aromatic nitrogens is 1. The molecule has 1 heteroatoms. The molecule has 2 aliphatic carbocycles. The minimum atomic E-state index is 0.372. The summed E-state index contributed by atoms with van der Waals surface area (Å²) in [4.78, 5) is 0. The lowest BCUT2D eigenvalue weighted by Gasteiger charge is -2.35. The third-order valence-electron chi connectivity index (χ3n) is 6.54. The van der Waals surface area contributed by atoms with Crippen LogP contribution in [-0.2, 0) is 12.5 Å². The van der Waals surface area contributed by atoms with Crippen LogP contribution in [0, 0.1) is 0 Å². The van der Waals surface area contributed by atoms with Crippen LogP contribution in [0.3, 0.4) is 0 Å². The van der Waals surface area contributed by atoms with E-state index < -0.39 is 0 Å². The molecule has 1 spiro atoms. The highest BCUT2D eigenvalue weighted by Crippen LogP contribution is 2.58. The zero-order valence-electron chi connectivity index (χ0n) is 15.6. The molecule has 2 aromatic rings. The molecule has 1 fully saturated rings. The van der Waals surface area contributed by atoms with Gasteiger partial charge >= 0.3 is 0 Å². The van der Waals surface area contributed by atoms with Crippen molar-refractivity contribution in [3.05, 3.63) is 72.0 Å². The van der Waals surface area contributed by atoms with Crippen LogP contribution in [0.4, 0.5) is 0 Å². The molecule has 25 heavy (non-hydrogen) atoms. The Bertz CT molecular complexity index is 856. The molecule has 1 heterocycles. The summed E-state index contributed by atoms with van der Waals surface area (Å²) in [6, 6.07) is 9.00. The highest BCUT2D eigenvalue weighted by Gasteiger charge is 2.47. The summed E-state index contributed by atoms with van der Waals surface area (Å²) in [5, 5.41) is 1.49. The van der Waals surface area contributed by atoms with E-state index >= 15 is 0 Å². The van der Waals surface area contributed by atoms with Crippen LogP contribution in [0.5, 0.6) is 0 Å². The second-order valence-electron chi connectivity index (χ2n) is 7.83. The number of allylic oxidation sites excluding steroid dienone is 5. The minimum absolute atomic E-state index is 0.372. The van der Waals surface area contributed by atoms with Crippen molar-refractivity contribution in [2.24, 2.45) is 7.05 Å². The van der Waals surface area contributed by atoms with E-state index in [0.717, 1.165) is 0 Å². The lowest BCUT2D eigenvalue weighted by Crippen LogP contribution is -2.26. The number of fused-ring (bicyclic) bond motifs is 4. The molecule has 1 aromatic heterocycles. The van der Waals surface area contributed by atoms with Crippen molar-refractivity contribution in [3.8, 4) is 0 Å². The molecule has 4 rings (SSSR count). The van der Waals surface area contributed by atoms with Crippen LogP contribution in [0.25, 0.3) is 10.9 Å². The second-order valence-corrected chi connectivity index (χ2v) is 7.83. The van der Waals surface area contributed by atoms with Crippen molar-refractivity contribution in [2.75, 3.05) is 0 Å².